The molecule has 0 saturated heterocycles. The van der Waals surface area contributed by atoms with Crippen molar-refractivity contribution in [3.05, 3.63) is 64.3 Å². The molecule has 0 unspecified atom stereocenters. The highest BCUT2D eigenvalue weighted by Gasteiger charge is 2.12. The van der Waals surface area contributed by atoms with Crippen molar-refractivity contribution in [2.75, 3.05) is 6.61 Å². The SMILES string of the molecule is NC(=S)c1c(F)cccc1OCCn1ccccc1=O. The van der Waals surface area contributed by atoms with Crippen molar-refractivity contribution in [3.8, 4) is 5.75 Å². The van der Waals surface area contributed by atoms with E-state index in [1.165, 1.54) is 22.8 Å². The first kappa shape index (κ1) is 14.2. The number of hydrogen-bond donors (Lipinski definition) is 1. The number of rotatable bonds is 5. The second-order valence-corrected chi connectivity index (χ2v) is 4.50. The van der Waals surface area contributed by atoms with Crippen LogP contribution in [0, 0.1) is 5.82 Å². The summed E-state index contributed by atoms with van der Waals surface area (Å²) < 4.78 is 20.6. The van der Waals surface area contributed by atoms with E-state index in [0.717, 1.165) is 0 Å². The maximum absolute atomic E-state index is 13.6. The van der Waals surface area contributed by atoms with Crippen LogP contribution in [0.3, 0.4) is 0 Å². The zero-order chi connectivity index (χ0) is 14.5. The Morgan fingerprint density at radius 3 is 2.80 bits per heavy atom. The first-order chi connectivity index (χ1) is 9.59. The van der Waals surface area contributed by atoms with Gasteiger partial charge < -0.3 is 15.0 Å². The number of benzene rings is 1. The average Bonchev–Trinajstić information content (AvgIpc) is 2.40. The number of pyridine rings is 1. The number of halogens is 1. The molecule has 2 rings (SSSR count). The third kappa shape index (κ3) is 3.21. The molecule has 104 valence electrons. The molecule has 2 N–H and O–H groups in total. The summed E-state index contributed by atoms with van der Waals surface area (Å²) in [5.41, 5.74) is 5.44. The summed E-state index contributed by atoms with van der Waals surface area (Å²) >= 11 is 4.80. The van der Waals surface area contributed by atoms with E-state index in [1.807, 2.05) is 0 Å². The monoisotopic (exact) mass is 292 g/mol. The molecule has 0 spiro atoms. The van der Waals surface area contributed by atoms with Gasteiger partial charge in [-0.15, -0.1) is 0 Å². The maximum Gasteiger partial charge on any atom is 0.250 e. The summed E-state index contributed by atoms with van der Waals surface area (Å²) in [5.74, 6) is -0.242. The Hall–Kier alpha value is -2.21. The van der Waals surface area contributed by atoms with Crippen LogP contribution in [0.1, 0.15) is 5.56 Å². The van der Waals surface area contributed by atoms with Crippen LogP contribution in [0.5, 0.6) is 5.75 Å². The van der Waals surface area contributed by atoms with Gasteiger partial charge in [-0.3, -0.25) is 4.79 Å². The fraction of sp³-hybridized carbons (Fsp3) is 0.143. The van der Waals surface area contributed by atoms with Gasteiger partial charge >= 0.3 is 0 Å². The lowest BCUT2D eigenvalue weighted by Gasteiger charge is -2.12. The Morgan fingerprint density at radius 1 is 1.30 bits per heavy atom. The molecule has 0 bridgehead atoms. The second kappa shape index (κ2) is 6.29. The minimum atomic E-state index is -0.521. The molecule has 1 heterocycles. The molecule has 4 nitrogen and oxygen atoms in total. The molecule has 1 aromatic heterocycles. The lowest BCUT2D eigenvalue weighted by atomic mass is 10.2. The summed E-state index contributed by atoms with van der Waals surface area (Å²) in [6, 6.07) is 9.25. The van der Waals surface area contributed by atoms with Crippen LogP contribution in [0.25, 0.3) is 0 Å². The van der Waals surface area contributed by atoms with Gasteiger partial charge in [-0.05, 0) is 18.2 Å². The van der Waals surface area contributed by atoms with Gasteiger partial charge in [0.15, 0.2) is 0 Å². The maximum atomic E-state index is 13.6. The Balaban J connectivity index is 2.09. The molecule has 0 aliphatic heterocycles. The Bertz CT molecular complexity index is 685. The van der Waals surface area contributed by atoms with Crippen molar-refractivity contribution in [1.29, 1.82) is 0 Å². The van der Waals surface area contributed by atoms with E-state index in [2.05, 4.69) is 0 Å². The molecule has 0 atom stereocenters. The van der Waals surface area contributed by atoms with Crippen LogP contribution in [0.4, 0.5) is 4.39 Å². The van der Waals surface area contributed by atoms with Gasteiger partial charge in [0.1, 0.15) is 23.2 Å². The lowest BCUT2D eigenvalue weighted by molar-refractivity contribution is 0.294. The van der Waals surface area contributed by atoms with Crippen molar-refractivity contribution in [2.45, 2.75) is 6.54 Å². The van der Waals surface area contributed by atoms with E-state index in [9.17, 15) is 9.18 Å². The molecule has 0 radical (unpaired) electrons. The fourth-order valence-corrected chi connectivity index (χ4v) is 1.96. The number of ether oxygens (including phenoxy) is 1. The van der Waals surface area contributed by atoms with Crippen molar-refractivity contribution in [1.82, 2.24) is 4.57 Å². The number of hydrogen-bond acceptors (Lipinski definition) is 3. The highest BCUT2D eigenvalue weighted by molar-refractivity contribution is 7.80. The van der Waals surface area contributed by atoms with Crippen molar-refractivity contribution < 1.29 is 9.13 Å². The smallest absolute Gasteiger partial charge is 0.250 e. The van der Waals surface area contributed by atoms with E-state index in [-0.39, 0.29) is 28.5 Å². The fourth-order valence-electron chi connectivity index (χ4n) is 1.76. The van der Waals surface area contributed by atoms with Crippen LogP contribution in [-0.4, -0.2) is 16.2 Å². The Morgan fingerprint density at radius 2 is 2.10 bits per heavy atom. The van der Waals surface area contributed by atoms with Crippen LogP contribution >= 0.6 is 12.2 Å². The van der Waals surface area contributed by atoms with E-state index in [1.54, 1.807) is 24.4 Å². The summed E-state index contributed by atoms with van der Waals surface area (Å²) in [6.07, 6.45) is 1.66. The zero-order valence-corrected chi connectivity index (χ0v) is 11.4. The van der Waals surface area contributed by atoms with Gasteiger partial charge in [-0.1, -0.05) is 24.4 Å². The molecule has 0 aliphatic rings. The average molecular weight is 292 g/mol. The Kier molecular flexibility index (Phi) is 4.47. The molecule has 20 heavy (non-hydrogen) atoms. The molecule has 1 aromatic carbocycles. The highest BCUT2D eigenvalue weighted by Crippen LogP contribution is 2.21. The molecule has 0 aliphatic carbocycles. The van der Waals surface area contributed by atoms with Crippen LogP contribution in [0.15, 0.2) is 47.4 Å². The quantitative estimate of drug-likeness (QED) is 0.852. The normalized spacial score (nSPS) is 10.2. The third-order valence-electron chi connectivity index (χ3n) is 2.71. The molecule has 0 amide bonds. The summed E-state index contributed by atoms with van der Waals surface area (Å²) in [5, 5.41) is 0. The minimum Gasteiger partial charge on any atom is -0.491 e. The predicted molar refractivity (Wildman–Crippen MR) is 78.5 cm³/mol. The lowest BCUT2D eigenvalue weighted by Crippen LogP contribution is -2.22. The van der Waals surface area contributed by atoms with Crippen molar-refractivity contribution in [2.24, 2.45) is 5.73 Å². The summed E-state index contributed by atoms with van der Waals surface area (Å²) in [6.45, 7) is 0.565. The standard InChI is InChI=1S/C14H13FN2O2S/c15-10-4-3-5-11(13(10)14(16)20)19-9-8-17-7-2-1-6-12(17)18/h1-7H,8-9H2,(H2,16,20). The second-order valence-electron chi connectivity index (χ2n) is 4.06. The molecular formula is C14H13FN2O2S. The topological polar surface area (TPSA) is 57.2 Å². The summed E-state index contributed by atoms with van der Waals surface area (Å²) in [7, 11) is 0. The van der Waals surface area contributed by atoms with Crippen molar-refractivity contribution in [3.63, 3.8) is 0 Å². The molecular weight excluding hydrogens is 279 g/mol. The molecule has 0 saturated carbocycles. The number of nitrogens with two attached hydrogens (primary N) is 1. The van der Waals surface area contributed by atoms with Crippen LogP contribution in [0.2, 0.25) is 0 Å². The van der Waals surface area contributed by atoms with Crippen molar-refractivity contribution >= 4 is 17.2 Å². The number of thiocarbonyl (C=S) groups is 1. The molecule has 2 aromatic rings. The predicted octanol–water partition coefficient (Wildman–Crippen LogP) is 1.70. The highest BCUT2D eigenvalue weighted by atomic mass is 32.1. The van der Waals surface area contributed by atoms with Crippen LogP contribution < -0.4 is 16.0 Å². The third-order valence-corrected chi connectivity index (χ3v) is 2.91. The largest absolute Gasteiger partial charge is 0.491 e. The van der Waals surface area contributed by atoms with Gasteiger partial charge in [-0.25, -0.2) is 4.39 Å². The number of nitrogens with zero attached hydrogens (tertiary/aromatic N) is 1. The number of aromatic nitrogens is 1. The van der Waals surface area contributed by atoms with Gasteiger partial charge in [0, 0.05) is 12.3 Å². The summed E-state index contributed by atoms with van der Waals surface area (Å²) in [4.78, 5) is 11.4. The van der Waals surface area contributed by atoms with E-state index >= 15 is 0 Å². The molecule has 6 heteroatoms. The Labute approximate surface area is 120 Å². The van der Waals surface area contributed by atoms with Gasteiger partial charge in [0.25, 0.3) is 5.56 Å². The van der Waals surface area contributed by atoms with Gasteiger partial charge in [-0.2, -0.15) is 0 Å². The van der Waals surface area contributed by atoms with E-state index in [0.29, 0.717) is 6.54 Å². The van der Waals surface area contributed by atoms with Crippen LogP contribution in [-0.2, 0) is 6.54 Å². The first-order valence-corrected chi connectivity index (χ1v) is 6.37. The zero-order valence-electron chi connectivity index (χ0n) is 10.6. The first-order valence-electron chi connectivity index (χ1n) is 5.96. The minimum absolute atomic E-state index is 0.0602. The van der Waals surface area contributed by atoms with E-state index < -0.39 is 5.82 Å². The van der Waals surface area contributed by atoms with E-state index in [4.69, 9.17) is 22.7 Å². The van der Waals surface area contributed by atoms with Gasteiger partial charge in [0.2, 0.25) is 0 Å². The van der Waals surface area contributed by atoms with Gasteiger partial charge in [0.05, 0.1) is 12.1 Å². The molecule has 0 fully saturated rings.